The Labute approximate surface area is 108 Å². The van der Waals surface area contributed by atoms with E-state index in [2.05, 4.69) is 39.4 Å². The number of aryl methyl sites for hydroxylation is 1. The molecule has 2 rings (SSSR count). The van der Waals surface area contributed by atoms with Crippen LogP contribution in [-0.4, -0.2) is 27.6 Å². The number of nitrogens with zero attached hydrogens (tertiary/aromatic N) is 2. The average molecular weight is 251 g/mol. The Morgan fingerprint density at radius 3 is 3.06 bits per heavy atom. The normalized spacial score (nSPS) is 17.0. The molecule has 4 heteroatoms. The van der Waals surface area contributed by atoms with Crippen molar-refractivity contribution in [2.24, 2.45) is 5.92 Å². The van der Waals surface area contributed by atoms with Gasteiger partial charge < -0.3 is 9.88 Å². The second-order valence-electron chi connectivity index (χ2n) is 4.58. The van der Waals surface area contributed by atoms with Crippen LogP contribution < -0.4 is 5.32 Å². The third kappa shape index (κ3) is 3.53. The largest absolute Gasteiger partial charge is 0.355 e. The summed E-state index contributed by atoms with van der Waals surface area (Å²) in [6.07, 6.45) is 6.64. The Bertz CT molecular complexity index is 367. The number of hydrogen-bond donors (Lipinski definition) is 1. The summed E-state index contributed by atoms with van der Waals surface area (Å²) >= 11 is 2.07. The van der Waals surface area contributed by atoms with Gasteiger partial charge in [0, 0.05) is 19.3 Å². The summed E-state index contributed by atoms with van der Waals surface area (Å²) in [5.41, 5.74) is 1.06. The maximum absolute atomic E-state index is 4.51. The van der Waals surface area contributed by atoms with Gasteiger partial charge in [-0.05, 0) is 37.2 Å². The first kappa shape index (κ1) is 12.6. The van der Waals surface area contributed by atoms with Crippen molar-refractivity contribution in [3.05, 3.63) is 24.5 Å². The van der Waals surface area contributed by atoms with Crippen LogP contribution >= 0.6 is 11.8 Å². The molecule has 0 spiro atoms. The van der Waals surface area contributed by atoms with E-state index in [1.807, 2.05) is 13.0 Å². The number of imidazole rings is 1. The lowest BCUT2D eigenvalue weighted by molar-refractivity contribution is 0.513. The molecule has 3 nitrogen and oxygen atoms in total. The van der Waals surface area contributed by atoms with E-state index in [0.29, 0.717) is 0 Å². The van der Waals surface area contributed by atoms with E-state index in [4.69, 9.17) is 0 Å². The molecule has 1 aromatic heterocycles. The van der Waals surface area contributed by atoms with Crippen LogP contribution in [0.3, 0.4) is 0 Å². The minimum Gasteiger partial charge on any atom is -0.355 e. The summed E-state index contributed by atoms with van der Waals surface area (Å²) in [5.74, 6) is 4.42. The van der Waals surface area contributed by atoms with E-state index in [9.17, 15) is 0 Å². The Hall–Kier alpha value is -0.900. The molecule has 0 amide bonds. The molecular weight excluding hydrogens is 230 g/mol. The predicted molar refractivity (Wildman–Crippen MR) is 75.7 cm³/mol. The predicted octanol–water partition coefficient (Wildman–Crippen LogP) is 2.93. The lowest BCUT2D eigenvalue weighted by atomic mass is 10.0. The topological polar surface area (TPSA) is 29.9 Å². The summed E-state index contributed by atoms with van der Waals surface area (Å²) in [6.45, 7) is 7.68. The molecular formula is C13H21N3S. The van der Waals surface area contributed by atoms with Gasteiger partial charge in [0.2, 0.25) is 5.95 Å². The molecule has 2 heterocycles. The monoisotopic (exact) mass is 251 g/mol. The molecule has 0 radical (unpaired) electrons. The highest BCUT2D eigenvalue weighted by Crippen LogP contribution is 2.23. The Morgan fingerprint density at radius 1 is 1.59 bits per heavy atom. The van der Waals surface area contributed by atoms with Gasteiger partial charge in [0.05, 0.1) is 5.69 Å². The maximum atomic E-state index is 4.51. The summed E-state index contributed by atoms with van der Waals surface area (Å²) in [5, 5.41) is 3.48. The van der Waals surface area contributed by atoms with E-state index >= 15 is 0 Å². The van der Waals surface area contributed by atoms with E-state index in [-0.39, 0.29) is 0 Å². The standard InChI is InChI=1S/C13H21N3S/c1-3-6-16-10-11(2)15-13(16)14-9-12-4-7-17-8-5-12/h3,10,12H,1,4-9H2,2H3,(H,14,15). The van der Waals surface area contributed by atoms with Crippen molar-refractivity contribution in [2.45, 2.75) is 26.3 Å². The third-order valence-electron chi connectivity index (χ3n) is 3.11. The summed E-state index contributed by atoms with van der Waals surface area (Å²) in [4.78, 5) is 4.51. The van der Waals surface area contributed by atoms with Crippen molar-refractivity contribution in [3.8, 4) is 0 Å². The van der Waals surface area contributed by atoms with Gasteiger partial charge in [-0.1, -0.05) is 6.08 Å². The van der Waals surface area contributed by atoms with Crippen molar-refractivity contribution in [1.29, 1.82) is 0 Å². The highest BCUT2D eigenvalue weighted by atomic mass is 32.2. The van der Waals surface area contributed by atoms with Crippen molar-refractivity contribution in [1.82, 2.24) is 9.55 Å². The zero-order valence-electron chi connectivity index (χ0n) is 10.5. The zero-order valence-corrected chi connectivity index (χ0v) is 11.3. The van der Waals surface area contributed by atoms with Crippen LogP contribution in [0.25, 0.3) is 0 Å². The third-order valence-corrected chi connectivity index (χ3v) is 4.16. The molecule has 94 valence electrons. The van der Waals surface area contributed by atoms with Crippen LogP contribution in [0, 0.1) is 12.8 Å². The average Bonchev–Trinajstić information content (AvgIpc) is 2.69. The SMILES string of the molecule is C=CCn1cc(C)nc1NCC1CCSCC1. The quantitative estimate of drug-likeness (QED) is 0.816. The number of rotatable bonds is 5. The van der Waals surface area contributed by atoms with Crippen LogP contribution in [0.15, 0.2) is 18.9 Å². The number of allylic oxidation sites excluding steroid dienone is 1. The first-order valence-electron chi connectivity index (χ1n) is 6.26. The van der Waals surface area contributed by atoms with Crippen molar-refractivity contribution >= 4 is 17.7 Å². The minimum absolute atomic E-state index is 0.811. The van der Waals surface area contributed by atoms with E-state index in [1.54, 1.807) is 0 Å². The molecule has 0 aromatic carbocycles. The lowest BCUT2D eigenvalue weighted by Crippen LogP contribution is -2.20. The van der Waals surface area contributed by atoms with Gasteiger partial charge in [-0.2, -0.15) is 11.8 Å². The van der Waals surface area contributed by atoms with E-state index < -0.39 is 0 Å². The Kier molecular flexibility index (Phi) is 4.54. The molecule has 17 heavy (non-hydrogen) atoms. The fourth-order valence-corrected chi connectivity index (χ4v) is 3.36. The van der Waals surface area contributed by atoms with Crippen LogP contribution in [0.4, 0.5) is 5.95 Å². The maximum Gasteiger partial charge on any atom is 0.203 e. The fraction of sp³-hybridized carbons (Fsp3) is 0.615. The molecule has 1 aromatic rings. The molecule has 0 aliphatic carbocycles. The van der Waals surface area contributed by atoms with Gasteiger partial charge in [-0.25, -0.2) is 4.98 Å². The highest BCUT2D eigenvalue weighted by molar-refractivity contribution is 7.99. The van der Waals surface area contributed by atoms with Crippen LogP contribution in [0.5, 0.6) is 0 Å². The molecule has 0 saturated carbocycles. The fourth-order valence-electron chi connectivity index (χ4n) is 2.15. The number of anilines is 1. The molecule has 1 fully saturated rings. The van der Waals surface area contributed by atoms with Gasteiger partial charge in [0.25, 0.3) is 0 Å². The Balaban J connectivity index is 1.90. The van der Waals surface area contributed by atoms with Crippen molar-refractivity contribution in [2.75, 3.05) is 23.4 Å². The van der Waals surface area contributed by atoms with Gasteiger partial charge in [0.1, 0.15) is 0 Å². The van der Waals surface area contributed by atoms with Gasteiger partial charge in [-0.3, -0.25) is 0 Å². The summed E-state index contributed by atoms with van der Waals surface area (Å²) in [7, 11) is 0. The van der Waals surface area contributed by atoms with E-state index in [1.165, 1.54) is 24.3 Å². The van der Waals surface area contributed by atoms with Crippen molar-refractivity contribution in [3.63, 3.8) is 0 Å². The summed E-state index contributed by atoms with van der Waals surface area (Å²) in [6, 6.07) is 0. The number of aromatic nitrogens is 2. The zero-order chi connectivity index (χ0) is 12.1. The molecule has 1 saturated heterocycles. The number of nitrogens with one attached hydrogen (secondary N) is 1. The molecule has 1 aliphatic rings. The second kappa shape index (κ2) is 6.15. The molecule has 0 bridgehead atoms. The summed E-state index contributed by atoms with van der Waals surface area (Å²) < 4.78 is 2.12. The molecule has 1 N–H and O–H groups in total. The van der Waals surface area contributed by atoms with E-state index in [0.717, 1.165) is 30.6 Å². The smallest absolute Gasteiger partial charge is 0.203 e. The van der Waals surface area contributed by atoms with Gasteiger partial charge >= 0.3 is 0 Å². The lowest BCUT2D eigenvalue weighted by Gasteiger charge is -2.21. The molecule has 1 aliphatic heterocycles. The first-order valence-corrected chi connectivity index (χ1v) is 7.41. The molecule has 0 atom stereocenters. The number of hydrogen-bond acceptors (Lipinski definition) is 3. The number of thioether (sulfide) groups is 1. The minimum atomic E-state index is 0.811. The Morgan fingerprint density at radius 2 is 2.35 bits per heavy atom. The highest BCUT2D eigenvalue weighted by Gasteiger charge is 2.14. The van der Waals surface area contributed by atoms with Gasteiger partial charge in [0.15, 0.2) is 0 Å². The van der Waals surface area contributed by atoms with Crippen LogP contribution in [0.1, 0.15) is 18.5 Å². The second-order valence-corrected chi connectivity index (χ2v) is 5.81. The van der Waals surface area contributed by atoms with Crippen molar-refractivity contribution < 1.29 is 0 Å². The van der Waals surface area contributed by atoms with Crippen LogP contribution in [-0.2, 0) is 6.54 Å². The molecule has 0 unspecified atom stereocenters. The first-order chi connectivity index (χ1) is 8.29. The van der Waals surface area contributed by atoms with Crippen LogP contribution in [0.2, 0.25) is 0 Å². The van der Waals surface area contributed by atoms with Gasteiger partial charge in [-0.15, -0.1) is 6.58 Å².